The van der Waals surface area contributed by atoms with Crippen molar-refractivity contribution in [3.63, 3.8) is 0 Å². The van der Waals surface area contributed by atoms with Crippen LogP contribution in [0.25, 0.3) is 10.8 Å². The normalized spacial score (nSPS) is 11.8. The third kappa shape index (κ3) is 1.67. The van der Waals surface area contributed by atoms with Crippen molar-refractivity contribution in [2.45, 2.75) is 4.90 Å². The molecular weight excluding hydrogens is 216 g/mol. The molecule has 0 spiro atoms. The summed E-state index contributed by atoms with van der Waals surface area (Å²) in [6, 6.07) is 8.49. The van der Waals surface area contributed by atoms with Crippen LogP contribution in [0, 0.1) is 0 Å². The maximum absolute atomic E-state index is 11.4. The SMILES string of the molecule is O=S(=O)(O)c1cccc2c([O-])cccc12. The topological polar surface area (TPSA) is 77.4 Å². The molecule has 0 atom stereocenters. The van der Waals surface area contributed by atoms with E-state index in [1.165, 1.54) is 36.4 Å². The maximum Gasteiger partial charge on any atom is 0.295 e. The Morgan fingerprint density at radius 3 is 2.27 bits per heavy atom. The highest BCUT2D eigenvalue weighted by Crippen LogP contribution is 2.27. The molecule has 15 heavy (non-hydrogen) atoms. The second-order valence-corrected chi connectivity index (χ2v) is 4.47. The Morgan fingerprint density at radius 1 is 1.00 bits per heavy atom. The predicted molar refractivity (Wildman–Crippen MR) is 53.2 cm³/mol. The highest BCUT2D eigenvalue weighted by atomic mass is 32.2. The molecule has 0 amide bonds. The van der Waals surface area contributed by atoms with Crippen LogP contribution in [-0.4, -0.2) is 13.0 Å². The summed E-state index contributed by atoms with van der Waals surface area (Å²) < 4.78 is 31.0. The van der Waals surface area contributed by atoms with E-state index < -0.39 is 10.1 Å². The lowest BCUT2D eigenvalue weighted by Gasteiger charge is -2.11. The molecule has 0 aromatic heterocycles. The zero-order valence-electron chi connectivity index (χ0n) is 7.54. The number of rotatable bonds is 1. The highest BCUT2D eigenvalue weighted by molar-refractivity contribution is 7.86. The van der Waals surface area contributed by atoms with Crippen molar-refractivity contribution in [2.75, 3.05) is 0 Å². The van der Waals surface area contributed by atoms with E-state index in [1.54, 1.807) is 0 Å². The second kappa shape index (κ2) is 3.22. The molecule has 0 unspecified atom stereocenters. The summed E-state index contributed by atoms with van der Waals surface area (Å²) in [4.78, 5) is -0.238. The number of benzene rings is 2. The van der Waals surface area contributed by atoms with Crippen LogP contribution < -0.4 is 5.11 Å². The molecule has 1 N–H and O–H groups in total. The lowest BCUT2D eigenvalue weighted by atomic mass is 10.1. The standard InChI is InChI=1S/C10H8O4S/c11-9-5-1-4-8-7(9)3-2-6-10(8)15(12,13)14/h1-6,11H,(H,12,13,14)/p-1. The minimum absolute atomic E-state index is 0.238. The average Bonchev–Trinajstić information content (AvgIpc) is 2.16. The molecule has 2 rings (SSSR count). The molecule has 0 aliphatic heterocycles. The average molecular weight is 223 g/mol. The summed E-state index contributed by atoms with van der Waals surface area (Å²) >= 11 is 0. The molecule has 2 aromatic rings. The van der Waals surface area contributed by atoms with Crippen molar-refractivity contribution in [1.29, 1.82) is 0 Å². The zero-order chi connectivity index (χ0) is 11.1. The third-order valence-corrected chi connectivity index (χ3v) is 3.03. The van der Waals surface area contributed by atoms with E-state index >= 15 is 0 Å². The first-order valence-corrected chi connectivity index (χ1v) is 5.60. The van der Waals surface area contributed by atoms with Crippen LogP contribution in [0.5, 0.6) is 5.75 Å². The lowest BCUT2D eigenvalue weighted by molar-refractivity contribution is -0.265. The van der Waals surface area contributed by atoms with Gasteiger partial charge in [-0.05, 0) is 11.5 Å². The van der Waals surface area contributed by atoms with Crippen molar-refractivity contribution < 1.29 is 18.1 Å². The van der Waals surface area contributed by atoms with Crippen LogP contribution in [0.15, 0.2) is 41.3 Å². The van der Waals surface area contributed by atoms with Gasteiger partial charge in [0.25, 0.3) is 10.1 Å². The molecule has 0 fully saturated rings. The summed E-state index contributed by atoms with van der Waals surface area (Å²) in [5.74, 6) is -0.266. The van der Waals surface area contributed by atoms with E-state index in [2.05, 4.69) is 0 Å². The van der Waals surface area contributed by atoms with Gasteiger partial charge in [-0.25, -0.2) is 0 Å². The maximum atomic E-state index is 11.4. The van der Waals surface area contributed by atoms with E-state index in [9.17, 15) is 13.5 Å². The van der Waals surface area contributed by atoms with E-state index in [4.69, 9.17) is 4.55 Å². The van der Waals surface area contributed by atoms with Crippen molar-refractivity contribution >= 4 is 20.9 Å². The first kappa shape index (κ1) is 9.95. The van der Waals surface area contributed by atoms with Crippen LogP contribution in [0.2, 0.25) is 0 Å². The van der Waals surface area contributed by atoms with E-state index in [1.807, 2.05) is 0 Å². The Hall–Kier alpha value is -1.59. The summed E-state index contributed by atoms with van der Waals surface area (Å²) in [7, 11) is -4.29. The molecule has 0 saturated carbocycles. The Bertz CT molecular complexity index is 616. The largest absolute Gasteiger partial charge is 0.872 e. The highest BCUT2D eigenvalue weighted by Gasteiger charge is 2.12. The van der Waals surface area contributed by atoms with Crippen molar-refractivity contribution in [2.24, 2.45) is 0 Å². The molecule has 78 valence electrons. The van der Waals surface area contributed by atoms with Crippen LogP contribution in [-0.2, 0) is 10.1 Å². The van der Waals surface area contributed by atoms with Crippen molar-refractivity contribution in [3.05, 3.63) is 36.4 Å². The Morgan fingerprint density at radius 2 is 1.60 bits per heavy atom. The fraction of sp³-hybridized carbons (Fsp3) is 0. The summed E-state index contributed by atoms with van der Waals surface area (Å²) in [5.41, 5.74) is 0. The Balaban J connectivity index is 2.96. The molecule has 0 heterocycles. The molecule has 0 aliphatic rings. The van der Waals surface area contributed by atoms with Gasteiger partial charge in [0.1, 0.15) is 4.90 Å². The fourth-order valence-corrected chi connectivity index (χ4v) is 2.18. The van der Waals surface area contributed by atoms with Gasteiger partial charge in [-0.15, -0.1) is 5.75 Å². The molecule has 0 bridgehead atoms. The van der Waals surface area contributed by atoms with Crippen LogP contribution in [0.3, 0.4) is 0 Å². The quantitative estimate of drug-likeness (QED) is 0.736. The van der Waals surface area contributed by atoms with Gasteiger partial charge in [0.2, 0.25) is 0 Å². The predicted octanol–water partition coefficient (Wildman–Crippen LogP) is 1.16. The van der Waals surface area contributed by atoms with Crippen LogP contribution in [0.1, 0.15) is 0 Å². The van der Waals surface area contributed by atoms with Gasteiger partial charge in [0.05, 0.1) is 0 Å². The van der Waals surface area contributed by atoms with Gasteiger partial charge in [-0.2, -0.15) is 8.42 Å². The monoisotopic (exact) mass is 223 g/mol. The summed E-state index contributed by atoms with van der Waals surface area (Å²) in [5, 5.41) is 11.9. The summed E-state index contributed by atoms with van der Waals surface area (Å²) in [6.07, 6.45) is 0. The van der Waals surface area contributed by atoms with E-state index in [-0.39, 0.29) is 21.4 Å². The zero-order valence-corrected chi connectivity index (χ0v) is 8.36. The second-order valence-electron chi connectivity index (χ2n) is 3.08. The molecular formula is C10H7O4S-. The Kier molecular flexibility index (Phi) is 2.13. The fourth-order valence-electron chi connectivity index (χ4n) is 1.48. The Labute approximate surface area is 86.5 Å². The lowest BCUT2D eigenvalue weighted by Crippen LogP contribution is -2.00. The minimum Gasteiger partial charge on any atom is -0.872 e. The minimum atomic E-state index is -4.29. The number of fused-ring (bicyclic) bond motifs is 1. The van der Waals surface area contributed by atoms with Gasteiger partial charge in [-0.3, -0.25) is 4.55 Å². The van der Waals surface area contributed by atoms with Gasteiger partial charge in [0, 0.05) is 5.39 Å². The molecule has 4 nitrogen and oxygen atoms in total. The number of hydrogen-bond acceptors (Lipinski definition) is 3. The van der Waals surface area contributed by atoms with E-state index in [0.29, 0.717) is 0 Å². The first-order chi connectivity index (χ1) is 7.00. The first-order valence-electron chi connectivity index (χ1n) is 4.16. The van der Waals surface area contributed by atoms with Crippen molar-refractivity contribution in [3.8, 4) is 5.75 Å². The number of hydrogen-bond donors (Lipinski definition) is 1. The third-order valence-electron chi connectivity index (χ3n) is 2.12. The molecule has 0 radical (unpaired) electrons. The molecule has 2 aromatic carbocycles. The molecule has 0 saturated heterocycles. The van der Waals surface area contributed by atoms with Crippen molar-refractivity contribution in [1.82, 2.24) is 0 Å². The smallest absolute Gasteiger partial charge is 0.295 e. The van der Waals surface area contributed by atoms with Crippen LogP contribution in [0.4, 0.5) is 0 Å². The van der Waals surface area contributed by atoms with Crippen LogP contribution >= 0.6 is 0 Å². The van der Waals surface area contributed by atoms with E-state index in [0.717, 1.165) is 0 Å². The molecule has 0 aliphatic carbocycles. The molecule has 5 heteroatoms. The summed E-state index contributed by atoms with van der Waals surface area (Å²) in [6.45, 7) is 0. The van der Waals surface area contributed by atoms with Gasteiger partial charge < -0.3 is 5.11 Å². The van der Waals surface area contributed by atoms with Gasteiger partial charge >= 0.3 is 0 Å². The van der Waals surface area contributed by atoms with Gasteiger partial charge in [0.15, 0.2) is 0 Å². The van der Waals surface area contributed by atoms with Gasteiger partial charge in [-0.1, -0.05) is 30.3 Å².